The number of hydrogen-bond acceptors (Lipinski definition) is 2. The Bertz CT molecular complexity index is 987. The Morgan fingerprint density at radius 2 is 1.77 bits per heavy atom. The molecule has 0 amide bonds. The molecule has 0 aliphatic carbocycles. The smallest absolute Gasteiger partial charge is 0.374 e. The number of halogens is 1. The van der Waals surface area contributed by atoms with Gasteiger partial charge < -0.3 is 33.1 Å². The van der Waals surface area contributed by atoms with Gasteiger partial charge in [0.25, 0.3) is 5.52 Å². The van der Waals surface area contributed by atoms with Gasteiger partial charge in [-0.1, -0.05) is 56.9 Å². The van der Waals surface area contributed by atoms with E-state index in [2.05, 4.69) is 60.0 Å². The quantitative estimate of drug-likeness (QED) is 0.125. The molecule has 30 heavy (non-hydrogen) atoms. The standard InChI is InChI=1S/C26H34NO2.HI/c1-4-6-7-8-9-12-19-27-24-17-16-22-13-10-11-14-23(22)26(24)29-25(27)18-15-21(3)20-28-5-2;/h10-11,13-18,20H,4-9,12,19H2,1-3H3;1H/q+1;/p-1. The van der Waals surface area contributed by atoms with Gasteiger partial charge in [-0.25, -0.2) is 0 Å². The zero-order valence-electron chi connectivity index (χ0n) is 18.5. The van der Waals surface area contributed by atoms with Crippen molar-refractivity contribution in [1.82, 2.24) is 0 Å². The van der Waals surface area contributed by atoms with Crippen LogP contribution in [0.15, 0.2) is 58.7 Å². The molecular formula is C26H34INO2. The maximum absolute atomic E-state index is 6.37. The molecular weight excluding hydrogens is 485 g/mol. The van der Waals surface area contributed by atoms with Crippen LogP contribution in [-0.2, 0) is 11.3 Å². The van der Waals surface area contributed by atoms with Crippen molar-refractivity contribution in [1.29, 1.82) is 0 Å². The molecule has 3 nitrogen and oxygen atoms in total. The first-order chi connectivity index (χ1) is 14.2. The molecule has 0 saturated heterocycles. The van der Waals surface area contributed by atoms with E-state index in [0.717, 1.165) is 23.6 Å². The fraction of sp³-hybridized carbons (Fsp3) is 0.423. The van der Waals surface area contributed by atoms with Gasteiger partial charge in [-0.2, -0.15) is 4.57 Å². The summed E-state index contributed by atoms with van der Waals surface area (Å²) in [6.45, 7) is 7.96. The van der Waals surface area contributed by atoms with Crippen molar-refractivity contribution in [3.8, 4) is 0 Å². The zero-order valence-corrected chi connectivity index (χ0v) is 20.7. The van der Waals surface area contributed by atoms with Gasteiger partial charge >= 0.3 is 5.89 Å². The summed E-state index contributed by atoms with van der Waals surface area (Å²) in [4.78, 5) is 0. The predicted molar refractivity (Wildman–Crippen MR) is 122 cm³/mol. The highest BCUT2D eigenvalue weighted by Gasteiger charge is 2.22. The van der Waals surface area contributed by atoms with Crippen molar-refractivity contribution in [3.05, 3.63) is 60.2 Å². The lowest BCUT2D eigenvalue weighted by Crippen LogP contribution is -3.00. The van der Waals surface area contributed by atoms with Gasteiger partial charge in [0.15, 0.2) is 6.54 Å². The lowest BCUT2D eigenvalue weighted by molar-refractivity contribution is -0.678. The summed E-state index contributed by atoms with van der Waals surface area (Å²) in [6, 6.07) is 12.8. The molecule has 0 bridgehead atoms. The predicted octanol–water partition coefficient (Wildman–Crippen LogP) is 4.19. The Balaban J connectivity index is 0.00000320. The fourth-order valence-corrected chi connectivity index (χ4v) is 3.69. The number of fused-ring (bicyclic) bond motifs is 3. The molecule has 0 spiro atoms. The van der Waals surface area contributed by atoms with Crippen molar-refractivity contribution in [2.45, 2.75) is 65.8 Å². The van der Waals surface area contributed by atoms with Crippen LogP contribution in [0.3, 0.4) is 0 Å². The molecule has 0 radical (unpaired) electrons. The molecule has 0 atom stereocenters. The van der Waals surface area contributed by atoms with Gasteiger partial charge in [-0.3, -0.25) is 0 Å². The molecule has 0 aliphatic heterocycles. The molecule has 0 fully saturated rings. The topological polar surface area (TPSA) is 26.2 Å². The molecule has 2 aromatic carbocycles. The van der Waals surface area contributed by atoms with Gasteiger partial charge in [0.05, 0.1) is 18.9 Å². The van der Waals surface area contributed by atoms with Gasteiger partial charge in [0, 0.05) is 17.9 Å². The Hall–Kier alpha value is -1.82. The first-order valence-corrected chi connectivity index (χ1v) is 11.0. The van der Waals surface area contributed by atoms with Crippen LogP contribution in [0.25, 0.3) is 27.9 Å². The molecule has 4 heteroatoms. The molecule has 0 saturated carbocycles. The molecule has 0 aliphatic rings. The highest BCUT2D eigenvalue weighted by Crippen LogP contribution is 2.26. The van der Waals surface area contributed by atoms with Crippen LogP contribution in [0.5, 0.6) is 0 Å². The summed E-state index contributed by atoms with van der Waals surface area (Å²) in [6.07, 6.45) is 13.6. The SMILES string of the molecule is CCCCCCCC[n+]1c(C=CC(C)=COCC)oc2c3ccccc3ccc21.[I-]. The first kappa shape index (κ1) is 24.4. The van der Waals surface area contributed by atoms with Crippen LogP contribution in [0.4, 0.5) is 0 Å². The number of aromatic nitrogens is 1. The summed E-state index contributed by atoms with van der Waals surface area (Å²) >= 11 is 0. The molecule has 0 unspecified atom stereocenters. The van der Waals surface area contributed by atoms with E-state index in [1.807, 2.05) is 13.8 Å². The molecule has 3 rings (SSSR count). The maximum Gasteiger partial charge on any atom is 0.374 e. The minimum absolute atomic E-state index is 0. The summed E-state index contributed by atoms with van der Waals surface area (Å²) in [5.74, 6) is 0.897. The number of oxazole rings is 1. The van der Waals surface area contributed by atoms with Crippen LogP contribution < -0.4 is 28.5 Å². The van der Waals surface area contributed by atoms with E-state index in [9.17, 15) is 0 Å². The van der Waals surface area contributed by atoms with E-state index in [0.29, 0.717) is 6.61 Å². The average Bonchev–Trinajstić information content (AvgIpc) is 3.11. The Labute approximate surface area is 197 Å². The highest BCUT2D eigenvalue weighted by molar-refractivity contribution is 6.01. The van der Waals surface area contributed by atoms with Crippen LogP contribution in [-0.4, -0.2) is 6.61 Å². The fourth-order valence-electron chi connectivity index (χ4n) is 3.69. The van der Waals surface area contributed by atoms with E-state index in [-0.39, 0.29) is 24.0 Å². The number of unbranched alkanes of at least 4 members (excludes halogenated alkanes) is 5. The van der Waals surface area contributed by atoms with E-state index in [4.69, 9.17) is 9.15 Å². The number of aryl methyl sites for hydroxylation is 1. The second kappa shape index (κ2) is 12.8. The lowest BCUT2D eigenvalue weighted by atomic mass is 10.1. The second-order valence-corrected chi connectivity index (χ2v) is 7.65. The third-order valence-corrected chi connectivity index (χ3v) is 5.28. The van der Waals surface area contributed by atoms with Crippen molar-refractivity contribution in [3.63, 3.8) is 0 Å². The van der Waals surface area contributed by atoms with E-state index in [1.54, 1.807) is 6.26 Å². The van der Waals surface area contributed by atoms with Crippen LogP contribution in [0, 0.1) is 0 Å². The largest absolute Gasteiger partial charge is 1.00 e. The monoisotopic (exact) mass is 519 g/mol. The van der Waals surface area contributed by atoms with E-state index >= 15 is 0 Å². The van der Waals surface area contributed by atoms with Gasteiger partial charge in [-0.15, -0.1) is 0 Å². The second-order valence-electron chi connectivity index (χ2n) is 7.65. The normalized spacial score (nSPS) is 12.0. The number of hydrogen-bond donors (Lipinski definition) is 0. The van der Waals surface area contributed by atoms with Crippen molar-refractivity contribution < 1.29 is 37.7 Å². The number of allylic oxidation sites excluding steroid dienone is 2. The van der Waals surface area contributed by atoms with E-state index < -0.39 is 0 Å². The Morgan fingerprint density at radius 3 is 2.57 bits per heavy atom. The highest BCUT2D eigenvalue weighted by atomic mass is 127. The molecule has 162 valence electrons. The summed E-state index contributed by atoms with van der Waals surface area (Å²) in [5.41, 5.74) is 3.21. The minimum Gasteiger partial charge on any atom is -1.00 e. The lowest BCUT2D eigenvalue weighted by Gasteiger charge is -1.99. The van der Waals surface area contributed by atoms with Crippen LogP contribution in [0.1, 0.15) is 65.2 Å². The number of ether oxygens (including phenoxy) is 1. The average molecular weight is 519 g/mol. The minimum atomic E-state index is 0. The maximum atomic E-state index is 6.37. The molecule has 3 aromatic rings. The van der Waals surface area contributed by atoms with Gasteiger partial charge in [0.1, 0.15) is 0 Å². The number of rotatable bonds is 11. The number of benzene rings is 2. The van der Waals surface area contributed by atoms with Crippen molar-refractivity contribution in [2.24, 2.45) is 0 Å². The first-order valence-electron chi connectivity index (χ1n) is 11.0. The Morgan fingerprint density at radius 1 is 1.00 bits per heavy atom. The summed E-state index contributed by atoms with van der Waals surface area (Å²) in [7, 11) is 0. The van der Waals surface area contributed by atoms with Gasteiger partial charge in [-0.05, 0) is 43.4 Å². The van der Waals surface area contributed by atoms with Gasteiger partial charge in [0.2, 0.25) is 5.58 Å². The third-order valence-electron chi connectivity index (χ3n) is 5.28. The zero-order chi connectivity index (χ0) is 20.5. The molecule has 1 heterocycles. The van der Waals surface area contributed by atoms with E-state index in [1.165, 1.54) is 54.8 Å². The third kappa shape index (κ3) is 6.34. The number of nitrogens with zero attached hydrogens (tertiary/aromatic N) is 1. The van der Waals surface area contributed by atoms with Crippen LogP contribution >= 0.6 is 0 Å². The molecule has 1 aromatic heterocycles. The van der Waals surface area contributed by atoms with Crippen LogP contribution in [0.2, 0.25) is 0 Å². The summed E-state index contributed by atoms with van der Waals surface area (Å²) in [5, 5.41) is 2.38. The van der Waals surface area contributed by atoms with Crippen molar-refractivity contribution in [2.75, 3.05) is 6.61 Å². The Kier molecular flexibility index (Phi) is 10.4. The summed E-state index contributed by atoms with van der Waals surface area (Å²) < 4.78 is 14.1. The van der Waals surface area contributed by atoms with Crippen molar-refractivity contribution >= 4 is 27.9 Å². The molecule has 0 N–H and O–H groups in total.